The normalized spacial score (nSPS) is 15.1. The Bertz CT molecular complexity index is 378. The van der Waals surface area contributed by atoms with Crippen LogP contribution in [0.1, 0.15) is 35.2 Å². The van der Waals surface area contributed by atoms with Gasteiger partial charge >= 0.3 is 0 Å². The smallest absolute Gasteiger partial charge is 0.163 e. The van der Waals surface area contributed by atoms with Crippen molar-refractivity contribution >= 4 is 5.78 Å². The van der Waals surface area contributed by atoms with Crippen LogP contribution in [0.25, 0.3) is 0 Å². The summed E-state index contributed by atoms with van der Waals surface area (Å²) in [7, 11) is 1.65. The molecule has 0 N–H and O–H groups in total. The SMILES string of the molecule is COc1ccc(C(=O)CC2CC2)cc1C. The van der Waals surface area contributed by atoms with Crippen LogP contribution in [0.2, 0.25) is 0 Å². The van der Waals surface area contributed by atoms with Crippen molar-refractivity contribution in [1.82, 2.24) is 0 Å². The fraction of sp³-hybridized carbons (Fsp3) is 0.462. The van der Waals surface area contributed by atoms with Gasteiger partial charge in [0, 0.05) is 12.0 Å². The Labute approximate surface area is 90.3 Å². The number of carbonyl (C=O) groups excluding carboxylic acids is 1. The Hall–Kier alpha value is -1.31. The first-order valence-electron chi connectivity index (χ1n) is 5.38. The van der Waals surface area contributed by atoms with Crippen molar-refractivity contribution in [2.45, 2.75) is 26.2 Å². The monoisotopic (exact) mass is 204 g/mol. The molecule has 0 radical (unpaired) electrons. The van der Waals surface area contributed by atoms with Gasteiger partial charge < -0.3 is 4.74 Å². The molecule has 1 aliphatic rings. The van der Waals surface area contributed by atoms with E-state index in [1.165, 1.54) is 12.8 Å². The molecule has 1 fully saturated rings. The van der Waals surface area contributed by atoms with Gasteiger partial charge in [-0.15, -0.1) is 0 Å². The van der Waals surface area contributed by atoms with Crippen LogP contribution in [-0.2, 0) is 0 Å². The van der Waals surface area contributed by atoms with Gasteiger partial charge in [-0.3, -0.25) is 4.79 Å². The molecule has 0 unspecified atom stereocenters. The summed E-state index contributed by atoms with van der Waals surface area (Å²) in [5.41, 5.74) is 1.85. The van der Waals surface area contributed by atoms with E-state index in [0.29, 0.717) is 12.3 Å². The zero-order chi connectivity index (χ0) is 10.8. The van der Waals surface area contributed by atoms with Gasteiger partial charge in [0.15, 0.2) is 5.78 Å². The number of ether oxygens (including phenoxy) is 1. The molecule has 0 heterocycles. The van der Waals surface area contributed by atoms with Crippen molar-refractivity contribution in [3.8, 4) is 5.75 Å². The first kappa shape index (κ1) is 10.2. The molecule has 2 heteroatoms. The molecule has 15 heavy (non-hydrogen) atoms. The van der Waals surface area contributed by atoms with E-state index in [0.717, 1.165) is 16.9 Å². The molecule has 0 spiro atoms. The molecule has 0 atom stereocenters. The van der Waals surface area contributed by atoms with Gasteiger partial charge in [0.1, 0.15) is 5.75 Å². The lowest BCUT2D eigenvalue weighted by atomic mass is 10.0. The molecular weight excluding hydrogens is 188 g/mol. The summed E-state index contributed by atoms with van der Waals surface area (Å²) in [6.45, 7) is 1.97. The second kappa shape index (κ2) is 4.05. The van der Waals surface area contributed by atoms with E-state index in [-0.39, 0.29) is 5.78 Å². The van der Waals surface area contributed by atoms with Crippen molar-refractivity contribution < 1.29 is 9.53 Å². The van der Waals surface area contributed by atoms with E-state index in [1.54, 1.807) is 7.11 Å². The van der Waals surface area contributed by atoms with Gasteiger partial charge in [-0.1, -0.05) is 0 Å². The topological polar surface area (TPSA) is 26.3 Å². The summed E-state index contributed by atoms with van der Waals surface area (Å²) >= 11 is 0. The summed E-state index contributed by atoms with van der Waals surface area (Å²) in [6, 6.07) is 5.65. The summed E-state index contributed by atoms with van der Waals surface area (Å²) in [4.78, 5) is 11.8. The highest BCUT2D eigenvalue weighted by molar-refractivity contribution is 5.96. The number of Topliss-reactive ketones (excluding diaryl/α,β-unsaturated/α-hetero) is 1. The maximum Gasteiger partial charge on any atom is 0.163 e. The average Bonchev–Trinajstić information content (AvgIpc) is 3.01. The van der Waals surface area contributed by atoms with E-state index in [1.807, 2.05) is 25.1 Å². The minimum Gasteiger partial charge on any atom is -0.496 e. The third kappa shape index (κ3) is 2.38. The van der Waals surface area contributed by atoms with Crippen LogP contribution in [0.5, 0.6) is 5.75 Å². The molecule has 0 aliphatic heterocycles. The number of benzene rings is 1. The van der Waals surface area contributed by atoms with Gasteiger partial charge in [0.25, 0.3) is 0 Å². The Morgan fingerprint density at radius 1 is 1.47 bits per heavy atom. The molecule has 0 saturated heterocycles. The second-order valence-electron chi connectivity index (χ2n) is 4.26. The molecule has 80 valence electrons. The number of ketones is 1. The predicted octanol–water partition coefficient (Wildman–Crippen LogP) is 2.99. The van der Waals surface area contributed by atoms with Crippen molar-refractivity contribution in [3.05, 3.63) is 29.3 Å². The first-order chi connectivity index (χ1) is 7.20. The van der Waals surface area contributed by atoms with Gasteiger partial charge in [-0.2, -0.15) is 0 Å². The minimum absolute atomic E-state index is 0.267. The summed E-state index contributed by atoms with van der Waals surface area (Å²) in [6.07, 6.45) is 3.16. The van der Waals surface area contributed by atoms with E-state index < -0.39 is 0 Å². The number of methoxy groups -OCH3 is 1. The maximum atomic E-state index is 11.8. The summed E-state index contributed by atoms with van der Waals surface area (Å²) in [5.74, 6) is 1.76. The molecular formula is C13H16O2. The number of rotatable bonds is 4. The lowest BCUT2D eigenvalue weighted by Gasteiger charge is -2.06. The molecule has 0 amide bonds. The number of carbonyl (C=O) groups is 1. The summed E-state index contributed by atoms with van der Waals surface area (Å²) in [5, 5.41) is 0. The standard InChI is InChI=1S/C13H16O2/c1-9-7-11(5-6-13(9)15-2)12(14)8-10-3-4-10/h5-7,10H,3-4,8H2,1-2H3. The molecule has 0 bridgehead atoms. The highest BCUT2D eigenvalue weighted by Gasteiger charge is 2.24. The predicted molar refractivity (Wildman–Crippen MR) is 59.4 cm³/mol. The lowest BCUT2D eigenvalue weighted by molar-refractivity contribution is 0.0976. The van der Waals surface area contributed by atoms with Crippen LogP contribution in [-0.4, -0.2) is 12.9 Å². The van der Waals surface area contributed by atoms with Gasteiger partial charge in [-0.25, -0.2) is 0 Å². The summed E-state index contributed by atoms with van der Waals surface area (Å²) < 4.78 is 5.16. The van der Waals surface area contributed by atoms with Gasteiger partial charge in [0.05, 0.1) is 7.11 Å². The van der Waals surface area contributed by atoms with E-state index >= 15 is 0 Å². The second-order valence-corrected chi connectivity index (χ2v) is 4.26. The van der Waals surface area contributed by atoms with Crippen molar-refractivity contribution in [1.29, 1.82) is 0 Å². The number of hydrogen-bond acceptors (Lipinski definition) is 2. The molecule has 1 saturated carbocycles. The Morgan fingerprint density at radius 2 is 2.20 bits per heavy atom. The fourth-order valence-corrected chi connectivity index (χ4v) is 1.75. The lowest BCUT2D eigenvalue weighted by Crippen LogP contribution is -2.01. The highest BCUT2D eigenvalue weighted by atomic mass is 16.5. The Balaban J connectivity index is 2.13. The van der Waals surface area contributed by atoms with Crippen molar-refractivity contribution in [2.75, 3.05) is 7.11 Å². The molecule has 1 aromatic carbocycles. The number of aryl methyl sites for hydroxylation is 1. The van der Waals surface area contributed by atoms with Crippen LogP contribution in [0.15, 0.2) is 18.2 Å². The van der Waals surface area contributed by atoms with Crippen molar-refractivity contribution in [2.24, 2.45) is 5.92 Å². The highest BCUT2D eigenvalue weighted by Crippen LogP contribution is 2.33. The number of hydrogen-bond donors (Lipinski definition) is 0. The first-order valence-corrected chi connectivity index (χ1v) is 5.38. The van der Waals surface area contributed by atoms with Gasteiger partial charge in [-0.05, 0) is 49.4 Å². The van der Waals surface area contributed by atoms with Crippen LogP contribution in [0, 0.1) is 12.8 Å². The molecule has 0 aromatic heterocycles. The minimum atomic E-state index is 0.267. The van der Waals surface area contributed by atoms with Crippen LogP contribution in [0.4, 0.5) is 0 Å². The average molecular weight is 204 g/mol. The van der Waals surface area contributed by atoms with Crippen LogP contribution in [0.3, 0.4) is 0 Å². The fourth-order valence-electron chi connectivity index (χ4n) is 1.75. The molecule has 1 aromatic rings. The zero-order valence-corrected chi connectivity index (χ0v) is 9.25. The van der Waals surface area contributed by atoms with E-state index in [4.69, 9.17) is 4.74 Å². The third-order valence-corrected chi connectivity index (χ3v) is 2.89. The van der Waals surface area contributed by atoms with E-state index in [2.05, 4.69) is 0 Å². The van der Waals surface area contributed by atoms with Crippen LogP contribution >= 0.6 is 0 Å². The Kier molecular flexibility index (Phi) is 2.76. The third-order valence-electron chi connectivity index (χ3n) is 2.89. The molecule has 1 aliphatic carbocycles. The zero-order valence-electron chi connectivity index (χ0n) is 9.25. The maximum absolute atomic E-state index is 11.8. The molecule has 2 nitrogen and oxygen atoms in total. The van der Waals surface area contributed by atoms with Crippen molar-refractivity contribution in [3.63, 3.8) is 0 Å². The van der Waals surface area contributed by atoms with E-state index in [9.17, 15) is 4.79 Å². The molecule has 2 rings (SSSR count). The Morgan fingerprint density at radius 3 is 2.73 bits per heavy atom. The van der Waals surface area contributed by atoms with Crippen LogP contribution < -0.4 is 4.74 Å². The quantitative estimate of drug-likeness (QED) is 0.705. The largest absolute Gasteiger partial charge is 0.496 e. The van der Waals surface area contributed by atoms with Gasteiger partial charge in [0.2, 0.25) is 0 Å².